The van der Waals surface area contributed by atoms with Crippen molar-refractivity contribution in [2.24, 2.45) is 11.8 Å². The van der Waals surface area contributed by atoms with Gasteiger partial charge in [0.05, 0.1) is 6.04 Å². The molecule has 4 heteroatoms. The van der Waals surface area contributed by atoms with Crippen molar-refractivity contribution in [3.05, 3.63) is 29.3 Å². The molecule has 24 heavy (non-hydrogen) atoms. The molecule has 0 bridgehead atoms. The fraction of sp³-hybridized carbons (Fsp3) is 0.650. The minimum Gasteiger partial charge on any atom is -0.324 e. The second kappa shape index (κ2) is 8.35. The highest BCUT2D eigenvalue weighted by atomic mass is 35.5. The number of carbonyl (C=O) groups is 1. The number of rotatable bonds is 5. The summed E-state index contributed by atoms with van der Waals surface area (Å²) in [5, 5.41) is 3.24. The van der Waals surface area contributed by atoms with E-state index >= 15 is 0 Å². The van der Waals surface area contributed by atoms with E-state index in [4.69, 9.17) is 0 Å². The fourth-order valence-electron chi connectivity index (χ4n) is 3.80. The van der Waals surface area contributed by atoms with E-state index < -0.39 is 0 Å². The molecule has 0 unspecified atom stereocenters. The van der Waals surface area contributed by atoms with Crippen LogP contribution in [0.1, 0.15) is 50.2 Å². The van der Waals surface area contributed by atoms with E-state index in [9.17, 15) is 4.79 Å². The lowest BCUT2D eigenvalue weighted by Crippen LogP contribution is -2.50. The smallest absolute Gasteiger partial charge is 0.241 e. The van der Waals surface area contributed by atoms with Gasteiger partial charge < -0.3 is 5.32 Å². The van der Waals surface area contributed by atoms with Crippen molar-refractivity contribution < 1.29 is 4.79 Å². The third kappa shape index (κ3) is 4.52. The second-order valence-electron chi connectivity index (χ2n) is 7.51. The summed E-state index contributed by atoms with van der Waals surface area (Å²) in [6, 6.07) is 6.24. The number of nitrogens with one attached hydrogen (secondary N) is 1. The molecule has 3 rings (SSSR count). The molecule has 1 saturated carbocycles. The number of aryl methyl sites for hydroxylation is 2. The van der Waals surface area contributed by atoms with Crippen molar-refractivity contribution in [2.45, 2.75) is 58.9 Å². The Morgan fingerprint density at radius 3 is 2.42 bits per heavy atom. The van der Waals surface area contributed by atoms with Gasteiger partial charge in [0.1, 0.15) is 0 Å². The van der Waals surface area contributed by atoms with Gasteiger partial charge in [-0.05, 0) is 69.0 Å². The van der Waals surface area contributed by atoms with Crippen molar-refractivity contribution in [1.82, 2.24) is 4.90 Å². The van der Waals surface area contributed by atoms with E-state index in [-0.39, 0.29) is 24.4 Å². The van der Waals surface area contributed by atoms with Crippen LogP contribution < -0.4 is 5.32 Å². The normalized spacial score (nSPS) is 24.3. The third-order valence-corrected chi connectivity index (χ3v) is 5.62. The van der Waals surface area contributed by atoms with Gasteiger partial charge in [-0.3, -0.25) is 9.69 Å². The van der Waals surface area contributed by atoms with E-state index in [2.05, 4.69) is 43.1 Å². The lowest BCUT2D eigenvalue weighted by Gasteiger charge is -2.38. The maximum absolute atomic E-state index is 13.0. The molecule has 1 aliphatic carbocycles. The van der Waals surface area contributed by atoms with E-state index in [1.807, 2.05) is 6.07 Å². The quantitative estimate of drug-likeness (QED) is 0.843. The van der Waals surface area contributed by atoms with Crippen molar-refractivity contribution in [1.29, 1.82) is 0 Å². The average molecular weight is 351 g/mol. The predicted octanol–water partition coefficient (Wildman–Crippen LogP) is 4.56. The first-order valence-electron chi connectivity index (χ1n) is 9.19. The average Bonchev–Trinajstić information content (AvgIpc) is 3.35. The summed E-state index contributed by atoms with van der Waals surface area (Å²) in [4.78, 5) is 15.4. The summed E-state index contributed by atoms with van der Waals surface area (Å²) in [6.07, 6.45) is 6.14. The minimum atomic E-state index is 0. The predicted molar refractivity (Wildman–Crippen MR) is 103 cm³/mol. The molecule has 1 saturated heterocycles. The molecule has 2 aliphatic rings. The van der Waals surface area contributed by atoms with E-state index in [0.717, 1.165) is 42.2 Å². The number of likely N-dealkylation sites (tertiary alicyclic amines) is 1. The third-order valence-electron chi connectivity index (χ3n) is 5.62. The van der Waals surface area contributed by atoms with Crippen molar-refractivity contribution in [3.8, 4) is 0 Å². The minimum absolute atomic E-state index is 0. The molecule has 0 aromatic heterocycles. The van der Waals surface area contributed by atoms with Gasteiger partial charge in [0, 0.05) is 12.2 Å². The molecule has 134 valence electrons. The van der Waals surface area contributed by atoms with Gasteiger partial charge >= 0.3 is 0 Å². The van der Waals surface area contributed by atoms with Gasteiger partial charge in [-0.15, -0.1) is 12.4 Å². The highest BCUT2D eigenvalue weighted by Crippen LogP contribution is 2.34. The summed E-state index contributed by atoms with van der Waals surface area (Å²) in [6.45, 7) is 8.59. The Balaban J connectivity index is 0.00000208. The number of benzene rings is 1. The Bertz CT molecular complexity index is 551. The van der Waals surface area contributed by atoms with Gasteiger partial charge in [-0.1, -0.05) is 31.5 Å². The molecule has 2 atom stereocenters. The SMILES string of the molecule is CC[C@H]1CCN(CC2CC2)[C@H](C(=O)Nc2c(C)cccc2C)C1.Cl. The molecule has 1 amide bonds. The van der Waals surface area contributed by atoms with Crippen LogP contribution in [-0.4, -0.2) is 29.9 Å². The van der Waals surface area contributed by atoms with Gasteiger partial charge in [-0.2, -0.15) is 0 Å². The standard InChI is InChI=1S/C20H30N2O.ClH/c1-4-16-10-11-22(13-17-8-9-17)18(12-16)20(23)21-19-14(2)6-5-7-15(19)3;/h5-7,16-18H,4,8-13H2,1-3H3,(H,21,23);1H/t16-,18-;/m0./s1. The van der Waals surface area contributed by atoms with E-state index in [0.29, 0.717) is 5.92 Å². The van der Waals surface area contributed by atoms with Crippen LogP contribution >= 0.6 is 12.4 Å². The molecule has 3 nitrogen and oxygen atoms in total. The van der Waals surface area contributed by atoms with Gasteiger partial charge in [-0.25, -0.2) is 0 Å². The zero-order valence-electron chi connectivity index (χ0n) is 15.2. The van der Waals surface area contributed by atoms with Crippen molar-refractivity contribution >= 4 is 24.0 Å². The largest absolute Gasteiger partial charge is 0.324 e. The maximum Gasteiger partial charge on any atom is 0.241 e. The number of hydrogen-bond acceptors (Lipinski definition) is 2. The van der Waals surface area contributed by atoms with Crippen LogP contribution in [0.3, 0.4) is 0 Å². The van der Waals surface area contributed by atoms with Crippen molar-refractivity contribution in [3.63, 3.8) is 0 Å². The summed E-state index contributed by atoms with van der Waals surface area (Å²) in [7, 11) is 0. The molecule has 0 spiro atoms. The summed E-state index contributed by atoms with van der Waals surface area (Å²) < 4.78 is 0. The lowest BCUT2D eigenvalue weighted by atomic mass is 9.88. The maximum atomic E-state index is 13.0. The Kier molecular flexibility index (Phi) is 6.70. The number of piperidine rings is 1. The number of carbonyl (C=O) groups excluding carboxylic acids is 1. The number of halogens is 1. The van der Waals surface area contributed by atoms with Crippen molar-refractivity contribution in [2.75, 3.05) is 18.4 Å². The zero-order chi connectivity index (χ0) is 16.4. The monoisotopic (exact) mass is 350 g/mol. The highest BCUT2D eigenvalue weighted by Gasteiger charge is 2.36. The number of para-hydroxylation sites is 1. The van der Waals surface area contributed by atoms with Crippen LogP contribution in [0.4, 0.5) is 5.69 Å². The zero-order valence-corrected chi connectivity index (χ0v) is 16.0. The first-order chi connectivity index (χ1) is 11.1. The van der Waals surface area contributed by atoms with Crippen LogP contribution in [0.5, 0.6) is 0 Å². The summed E-state index contributed by atoms with van der Waals surface area (Å²) in [5.41, 5.74) is 3.30. The number of hydrogen-bond donors (Lipinski definition) is 1. The Labute approximate surface area is 152 Å². The molecule has 1 aromatic carbocycles. The Hall–Kier alpha value is -1.06. The summed E-state index contributed by atoms with van der Waals surface area (Å²) >= 11 is 0. The van der Waals surface area contributed by atoms with Crippen LogP contribution in [-0.2, 0) is 4.79 Å². The molecule has 2 fully saturated rings. The Morgan fingerprint density at radius 1 is 1.17 bits per heavy atom. The highest BCUT2D eigenvalue weighted by molar-refractivity contribution is 5.96. The Morgan fingerprint density at radius 2 is 1.83 bits per heavy atom. The van der Waals surface area contributed by atoms with Crippen LogP contribution in [0.15, 0.2) is 18.2 Å². The number of amides is 1. The first-order valence-corrected chi connectivity index (χ1v) is 9.19. The second-order valence-corrected chi connectivity index (χ2v) is 7.51. The van der Waals surface area contributed by atoms with E-state index in [1.54, 1.807) is 0 Å². The molecular formula is C20H31ClN2O. The summed E-state index contributed by atoms with van der Waals surface area (Å²) in [5.74, 6) is 1.73. The number of anilines is 1. The van der Waals surface area contributed by atoms with Gasteiger partial charge in [0.25, 0.3) is 0 Å². The first kappa shape index (κ1) is 19.3. The number of nitrogens with zero attached hydrogens (tertiary/aromatic N) is 1. The molecule has 1 aliphatic heterocycles. The molecule has 0 radical (unpaired) electrons. The van der Waals surface area contributed by atoms with E-state index in [1.165, 1.54) is 25.7 Å². The lowest BCUT2D eigenvalue weighted by molar-refractivity contribution is -0.123. The molecule has 1 aromatic rings. The van der Waals surface area contributed by atoms with Crippen LogP contribution in [0.2, 0.25) is 0 Å². The fourth-order valence-corrected chi connectivity index (χ4v) is 3.80. The van der Waals surface area contributed by atoms with Crippen LogP contribution in [0.25, 0.3) is 0 Å². The molecular weight excluding hydrogens is 320 g/mol. The van der Waals surface area contributed by atoms with Crippen LogP contribution in [0, 0.1) is 25.7 Å². The van der Waals surface area contributed by atoms with Gasteiger partial charge in [0.15, 0.2) is 0 Å². The molecule has 1 N–H and O–H groups in total. The van der Waals surface area contributed by atoms with Gasteiger partial charge in [0.2, 0.25) is 5.91 Å². The molecule has 1 heterocycles. The topological polar surface area (TPSA) is 32.3 Å².